The molecule has 1 rings (SSSR count). The summed E-state index contributed by atoms with van der Waals surface area (Å²) in [5, 5.41) is 0.716. The molecular weight excluding hydrogens is 271 g/mol. The van der Waals surface area contributed by atoms with E-state index in [0.29, 0.717) is 11.5 Å². The molecule has 0 fully saturated rings. The summed E-state index contributed by atoms with van der Waals surface area (Å²) < 4.78 is 0. The fraction of sp³-hybridized carbons (Fsp3) is 0.273. The molecule has 0 amide bonds. The molecule has 0 unspecified atom stereocenters. The van der Waals surface area contributed by atoms with E-state index >= 15 is 0 Å². The topological polar surface area (TPSA) is 0 Å². The second-order valence-corrected chi connectivity index (χ2v) is 5.73. The Morgan fingerprint density at radius 1 is 1.27 bits per heavy atom. The molecule has 1 aromatic rings. The number of allylic oxidation sites excluding steroid dienone is 1. The van der Waals surface area contributed by atoms with E-state index in [-0.39, 0.29) is 0 Å². The zero-order valence-corrected chi connectivity index (χ0v) is 11.1. The Morgan fingerprint density at radius 2 is 1.93 bits per heavy atom. The third kappa shape index (κ3) is 6.36. The quantitative estimate of drug-likeness (QED) is 0.535. The SMILES string of the molecule is Cl/C(=C\CSc1ccccc1)CC(Cl)Cl. The summed E-state index contributed by atoms with van der Waals surface area (Å²) in [7, 11) is 0. The van der Waals surface area contributed by atoms with E-state index in [1.807, 2.05) is 24.3 Å². The molecule has 82 valence electrons. The van der Waals surface area contributed by atoms with Gasteiger partial charge in [0.05, 0.1) is 0 Å². The lowest BCUT2D eigenvalue weighted by molar-refractivity contribution is 1.13. The third-order valence-electron chi connectivity index (χ3n) is 1.65. The number of hydrogen-bond acceptors (Lipinski definition) is 1. The monoisotopic (exact) mass is 280 g/mol. The summed E-state index contributed by atoms with van der Waals surface area (Å²) in [6.07, 6.45) is 2.46. The van der Waals surface area contributed by atoms with Gasteiger partial charge in [-0.3, -0.25) is 0 Å². The summed E-state index contributed by atoms with van der Waals surface area (Å²) in [6.45, 7) is 0. The fourth-order valence-electron chi connectivity index (χ4n) is 0.976. The Balaban J connectivity index is 2.32. The van der Waals surface area contributed by atoms with E-state index in [9.17, 15) is 0 Å². The summed E-state index contributed by atoms with van der Waals surface area (Å²) in [5.41, 5.74) is 0. The van der Waals surface area contributed by atoms with Gasteiger partial charge in [-0.05, 0) is 12.1 Å². The van der Waals surface area contributed by atoms with Gasteiger partial charge in [0.15, 0.2) is 0 Å². The van der Waals surface area contributed by atoms with Crippen molar-refractivity contribution in [2.24, 2.45) is 0 Å². The normalized spacial score (nSPS) is 12.1. The Hall–Kier alpha value is 0.180. The van der Waals surface area contributed by atoms with Crippen molar-refractivity contribution < 1.29 is 0 Å². The zero-order valence-electron chi connectivity index (χ0n) is 8.00. The molecule has 15 heavy (non-hydrogen) atoms. The van der Waals surface area contributed by atoms with Gasteiger partial charge in [0.2, 0.25) is 0 Å². The first-order valence-electron chi connectivity index (χ1n) is 4.49. The van der Waals surface area contributed by atoms with Crippen LogP contribution in [0.1, 0.15) is 6.42 Å². The molecule has 0 aromatic heterocycles. The van der Waals surface area contributed by atoms with Crippen LogP contribution in [0.3, 0.4) is 0 Å². The van der Waals surface area contributed by atoms with Crippen molar-refractivity contribution in [1.29, 1.82) is 0 Å². The van der Waals surface area contributed by atoms with Crippen LogP contribution < -0.4 is 0 Å². The van der Waals surface area contributed by atoms with Crippen LogP contribution in [0.25, 0.3) is 0 Å². The molecule has 0 N–H and O–H groups in total. The second-order valence-electron chi connectivity index (χ2n) is 2.87. The summed E-state index contributed by atoms with van der Waals surface area (Å²) >= 11 is 18.9. The predicted octanol–water partition coefficient (Wildman–Crippen LogP) is 5.10. The van der Waals surface area contributed by atoms with E-state index in [0.717, 1.165) is 5.75 Å². The van der Waals surface area contributed by atoms with E-state index in [2.05, 4.69) is 12.1 Å². The predicted molar refractivity (Wildman–Crippen MR) is 71.2 cm³/mol. The number of halogens is 3. The molecule has 0 saturated heterocycles. The van der Waals surface area contributed by atoms with Crippen LogP contribution in [-0.4, -0.2) is 10.6 Å². The lowest BCUT2D eigenvalue weighted by Gasteiger charge is -2.00. The van der Waals surface area contributed by atoms with Crippen LogP contribution >= 0.6 is 46.6 Å². The van der Waals surface area contributed by atoms with Crippen LogP contribution in [0.15, 0.2) is 46.3 Å². The van der Waals surface area contributed by atoms with Crippen molar-refractivity contribution in [3.05, 3.63) is 41.4 Å². The van der Waals surface area contributed by atoms with E-state index in [4.69, 9.17) is 34.8 Å². The molecule has 4 heteroatoms. The van der Waals surface area contributed by atoms with Gasteiger partial charge in [0.25, 0.3) is 0 Å². The molecule has 0 radical (unpaired) electrons. The van der Waals surface area contributed by atoms with Crippen LogP contribution in [0, 0.1) is 0 Å². The highest BCUT2D eigenvalue weighted by Gasteiger charge is 2.01. The van der Waals surface area contributed by atoms with Crippen molar-refractivity contribution in [2.45, 2.75) is 16.2 Å². The number of alkyl halides is 2. The van der Waals surface area contributed by atoms with Crippen LogP contribution in [-0.2, 0) is 0 Å². The van der Waals surface area contributed by atoms with E-state index < -0.39 is 4.84 Å². The molecule has 1 aromatic carbocycles. The highest BCUT2D eigenvalue weighted by molar-refractivity contribution is 7.99. The smallest absolute Gasteiger partial charge is 0.112 e. The van der Waals surface area contributed by atoms with Gasteiger partial charge in [0.1, 0.15) is 4.84 Å². The van der Waals surface area contributed by atoms with Crippen molar-refractivity contribution in [2.75, 3.05) is 5.75 Å². The maximum Gasteiger partial charge on any atom is 0.112 e. The average molecular weight is 282 g/mol. The van der Waals surface area contributed by atoms with Crippen LogP contribution in [0.2, 0.25) is 0 Å². The van der Waals surface area contributed by atoms with Gasteiger partial charge >= 0.3 is 0 Å². The van der Waals surface area contributed by atoms with Gasteiger partial charge in [-0.1, -0.05) is 35.9 Å². The lowest BCUT2D eigenvalue weighted by atomic mass is 10.4. The Labute approximate surface area is 110 Å². The minimum absolute atomic E-state index is 0.421. The molecule has 0 aliphatic carbocycles. The highest BCUT2D eigenvalue weighted by atomic mass is 35.5. The third-order valence-corrected chi connectivity index (χ3v) is 3.20. The summed E-state index contributed by atoms with van der Waals surface area (Å²) in [6, 6.07) is 10.2. The maximum atomic E-state index is 5.92. The first-order chi connectivity index (χ1) is 7.18. The lowest BCUT2D eigenvalue weighted by Crippen LogP contribution is -1.86. The van der Waals surface area contributed by atoms with Crippen LogP contribution in [0.4, 0.5) is 0 Å². The number of thioether (sulfide) groups is 1. The van der Waals surface area contributed by atoms with Gasteiger partial charge < -0.3 is 0 Å². The van der Waals surface area contributed by atoms with Gasteiger partial charge in [-0.25, -0.2) is 0 Å². The second kappa shape index (κ2) is 7.45. The average Bonchev–Trinajstić information content (AvgIpc) is 2.18. The number of rotatable bonds is 5. The molecule has 0 bridgehead atoms. The van der Waals surface area contributed by atoms with Gasteiger partial charge in [0, 0.05) is 22.1 Å². The van der Waals surface area contributed by atoms with E-state index in [1.54, 1.807) is 11.8 Å². The van der Waals surface area contributed by atoms with Gasteiger partial charge in [-0.15, -0.1) is 35.0 Å². The van der Waals surface area contributed by atoms with Crippen molar-refractivity contribution >= 4 is 46.6 Å². The minimum Gasteiger partial charge on any atom is -0.122 e. The van der Waals surface area contributed by atoms with Crippen molar-refractivity contribution in [3.63, 3.8) is 0 Å². The molecule has 0 heterocycles. The molecule has 0 aliphatic heterocycles. The first kappa shape index (κ1) is 13.2. The Morgan fingerprint density at radius 3 is 2.53 bits per heavy atom. The summed E-state index contributed by atoms with van der Waals surface area (Å²) in [4.78, 5) is 0.807. The Kier molecular flexibility index (Phi) is 6.58. The molecular formula is C11H11Cl3S. The van der Waals surface area contributed by atoms with Crippen molar-refractivity contribution in [1.82, 2.24) is 0 Å². The number of benzene rings is 1. The molecule has 0 aliphatic rings. The molecule has 0 atom stereocenters. The van der Waals surface area contributed by atoms with Gasteiger partial charge in [-0.2, -0.15) is 0 Å². The first-order valence-corrected chi connectivity index (χ1v) is 6.72. The Bertz CT molecular complexity index is 309. The van der Waals surface area contributed by atoms with Crippen LogP contribution in [0.5, 0.6) is 0 Å². The molecule has 0 spiro atoms. The standard InChI is InChI=1S/C11H11Cl3S/c12-9(8-11(13)14)6-7-15-10-4-2-1-3-5-10/h1-6,11H,7-8H2/b9-6-. The van der Waals surface area contributed by atoms with E-state index in [1.165, 1.54) is 4.90 Å². The fourth-order valence-corrected chi connectivity index (χ4v) is 2.62. The molecule has 0 saturated carbocycles. The molecule has 0 nitrogen and oxygen atoms in total. The summed E-state index contributed by atoms with van der Waals surface area (Å²) in [5.74, 6) is 0.837. The number of hydrogen-bond donors (Lipinski definition) is 0. The largest absolute Gasteiger partial charge is 0.122 e. The zero-order chi connectivity index (χ0) is 11.1. The maximum absolute atomic E-state index is 5.92. The van der Waals surface area contributed by atoms with Crippen molar-refractivity contribution in [3.8, 4) is 0 Å². The highest BCUT2D eigenvalue weighted by Crippen LogP contribution is 2.21. The minimum atomic E-state index is -0.421.